The summed E-state index contributed by atoms with van der Waals surface area (Å²) in [7, 11) is -4.19. The van der Waals surface area contributed by atoms with E-state index in [0.29, 0.717) is 18.2 Å². The Morgan fingerprint density at radius 3 is 2.18 bits per heavy atom. The molecular weight excluding hydrogens is 303 g/mol. The van der Waals surface area contributed by atoms with Gasteiger partial charge < -0.3 is 9.79 Å². The van der Waals surface area contributed by atoms with Crippen molar-refractivity contribution in [2.75, 3.05) is 0 Å². The maximum Gasteiger partial charge on any atom is 0.335 e. The predicted octanol–water partition coefficient (Wildman–Crippen LogP) is 3.77. The largest absolute Gasteiger partial charge is 0.335 e. The Balaban J connectivity index is 3.48. The summed E-state index contributed by atoms with van der Waals surface area (Å²) < 4.78 is 11.9. The van der Waals surface area contributed by atoms with Crippen molar-refractivity contribution in [3.05, 3.63) is 35.4 Å². The van der Waals surface area contributed by atoms with Crippen molar-refractivity contribution in [1.82, 2.24) is 0 Å². The molecular formula is C12H18BrO3P. The predicted molar refractivity (Wildman–Crippen MR) is 73.4 cm³/mol. The van der Waals surface area contributed by atoms with Crippen LogP contribution < -0.4 is 0 Å². The second-order valence-electron chi connectivity index (χ2n) is 4.07. The van der Waals surface area contributed by atoms with E-state index in [1.807, 2.05) is 38.1 Å². The summed E-state index contributed by atoms with van der Waals surface area (Å²) in [5, 5.41) is -0.456. The third-order valence-corrected chi connectivity index (χ3v) is 5.98. The van der Waals surface area contributed by atoms with Crippen LogP contribution in [0.25, 0.3) is 0 Å². The maximum absolute atomic E-state index is 11.9. The van der Waals surface area contributed by atoms with E-state index < -0.39 is 12.8 Å². The smallest absolute Gasteiger partial charge is 0.324 e. The molecule has 2 N–H and O–H groups in total. The van der Waals surface area contributed by atoms with Crippen LogP contribution in [0.1, 0.15) is 37.8 Å². The van der Waals surface area contributed by atoms with E-state index in [9.17, 15) is 14.4 Å². The van der Waals surface area contributed by atoms with Crippen LogP contribution in [0, 0.1) is 0 Å². The number of halogens is 1. The van der Waals surface area contributed by atoms with Gasteiger partial charge in [0.1, 0.15) is 0 Å². The molecule has 0 aliphatic rings. The molecule has 0 amide bonds. The zero-order chi connectivity index (χ0) is 13.1. The molecule has 0 aliphatic heterocycles. The summed E-state index contributed by atoms with van der Waals surface area (Å²) >= 11 is 3.37. The van der Waals surface area contributed by atoms with Crippen LogP contribution in [0.15, 0.2) is 24.3 Å². The summed E-state index contributed by atoms with van der Waals surface area (Å²) in [6, 6.07) is 7.44. The summed E-state index contributed by atoms with van der Waals surface area (Å²) in [6.45, 7) is 3.65. The molecule has 1 aromatic carbocycles. The molecule has 5 heteroatoms. The minimum atomic E-state index is -4.19. The van der Waals surface area contributed by atoms with Crippen molar-refractivity contribution in [2.45, 2.75) is 37.2 Å². The number of hydrogen-bond acceptors (Lipinski definition) is 1. The lowest BCUT2D eigenvalue weighted by Crippen LogP contribution is -2.25. The average molecular weight is 321 g/mol. The Hall–Kier alpha value is -0.150. The van der Waals surface area contributed by atoms with Gasteiger partial charge in [0.15, 0.2) is 0 Å². The number of benzene rings is 1. The van der Waals surface area contributed by atoms with E-state index in [-0.39, 0.29) is 0 Å². The molecule has 1 aromatic rings. The molecule has 0 aromatic heterocycles. The van der Waals surface area contributed by atoms with E-state index in [0.717, 1.165) is 11.1 Å². The van der Waals surface area contributed by atoms with Gasteiger partial charge in [0.2, 0.25) is 0 Å². The van der Waals surface area contributed by atoms with E-state index in [1.165, 1.54) is 0 Å². The lowest BCUT2D eigenvalue weighted by Gasteiger charge is -2.34. The van der Waals surface area contributed by atoms with Crippen molar-refractivity contribution in [1.29, 1.82) is 0 Å². The topological polar surface area (TPSA) is 57.5 Å². The van der Waals surface area contributed by atoms with Crippen molar-refractivity contribution < 1.29 is 14.4 Å². The summed E-state index contributed by atoms with van der Waals surface area (Å²) in [6.07, 6.45) is 0.857. The van der Waals surface area contributed by atoms with Gasteiger partial charge >= 0.3 is 7.60 Å². The SMILES string of the molecule is CCC(CC)(c1ccccc1CBr)P(=O)(O)O. The molecule has 0 fully saturated rings. The van der Waals surface area contributed by atoms with Crippen LogP contribution in [0.5, 0.6) is 0 Å². The highest BCUT2D eigenvalue weighted by atomic mass is 79.9. The quantitative estimate of drug-likeness (QED) is 0.641. The first kappa shape index (κ1) is 14.9. The molecule has 0 spiro atoms. The Morgan fingerprint density at radius 1 is 1.24 bits per heavy atom. The van der Waals surface area contributed by atoms with Gasteiger partial charge in [-0.05, 0) is 24.0 Å². The molecule has 3 nitrogen and oxygen atoms in total. The normalized spacial score (nSPS) is 12.8. The molecule has 0 saturated carbocycles. The van der Waals surface area contributed by atoms with E-state index >= 15 is 0 Å². The summed E-state index contributed by atoms with van der Waals surface area (Å²) in [5.74, 6) is 0. The monoisotopic (exact) mass is 320 g/mol. The zero-order valence-corrected chi connectivity index (χ0v) is 12.5. The average Bonchev–Trinajstić information content (AvgIpc) is 2.30. The third kappa shape index (κ3) is 2.65. The van der Waals surface area contributed by atoms with Gasteiger partial charge in [-0.15, -0.1) is 0 Å². The zero-order valence-electron chi connectivity index (χ0n) is 10.1. The van der Waals surface area contributed by atoms with Gasteiger partial charge in [0.05, 0.1) is 5.16 Å². The van der Waals surface area contributed by atoms with Gasteiger partial charge in [-0.25, -0.2) is 0 Å². The number of alkyl halides is 1. The van der Waals surface area contributed by atoms with E-state index in [4.69, 9.17) is 0 Å². The van der Waals surface area contributed by atoms with Gasteiger partial charge in [-0.3, -0.25) is 4.57 Å². The highest BCUT2D eigenvalue weighted by molar-refractivity contribution is 9.08. The molecule has 0 saturated heterocycles. The van der Waals surface area contributed by atoms with E-state index in [1.54, 1.807) is 0 Å². The Morgan fingerprint density at radius 2 is 1.76 bits per heavy atom. The first-order chi connectivity index (χ1) is 7.93. The fourth-order valence-corrected chi connectivity index (χ4v) is 4.14. The summed E-state index contributed by atoms with van der Waals surface area (Å²) in [4.78, 5) is 19.4. The van der Waals surface area contributed by atoms with Crippen molar-refractivity contribution in [3.8, 4) is 0 Å². The van der Waals surface area contributed by atoms with E-state index in [2.05, 4.69) is 15.9 Å². The maximum atomic E-state index is 11.9. The fraction of sp³-hybridized carbons (Fsp3) is 0.500. The van der Waals surface area contributed by atoms with Crippen molar-refractivity contribution in [2.24, 2.45) is 0 Å². The molecule has 17 heavy (non-hydrogen) atoms. The molecule has 0 bridgehead atoms. The molecule has 0 heterocycles. The van der Waals surface area contributed by atoms with Crippen LogP contribution in [0.4, 0.5) is 0 Å². The second-order valence-corrected chi connectivity index (χ2v) is 6.58. The molecule has 0 aliphatic carbocycles. The first-order valence-electron chi connectivity index (χ1n) is 5.63. The molecule has 0 atom stereocenters. The van der Waals surface area contributed by atoms with Crippen LogP contribution in [-0.2, 0) is 15.1 Å². The molecule has 0 radical (unpaired) electrons. The van der Waals surface area contributed by atoms with Crippen LogP contribution >= 0.6 is 23.5 Å². The van der Waals surface area contributed by atoms with Crippen molar-refractivity contribution >= 4 is 23.5 Å². The minimum Gasteiger partial charge on any atom is -0.324 e. The Labute approximate surface area is 111 Å². The minimum absolute atomic E-state index is 0.428. The highest BCUT2D eigenvalue weighted by Gasteiger charge is 2.46. The van der Waals surface area contributed by atoms with Gasteiger partial charge in [0.25, 0.3) is 0 Å². The Bertz CT molecular complexity index is 424. The highest BCUT2D eigenvalue weighted by Crippen LogP contribution is 2.61. The molecule has 0 unspecified atom stereocenters. The number of rotatable bonds is 5. The second kappa shape index (κ2) is 5.66. The van der Waals surface area contributed by atoms with Crippen LogP contribution in [-0.4, -0.2) is 9.79 Å². The first-order valence-corrected chi connectivity index (χ1v) is 8.36. The Kier molecular flexibility index (Phi) is 4.96. The van der Waals surface area contributed by atoms with Gasteiger partial charge in [0, 0.05) is 5.33 Å². The van der Waals surface area contributed by atoms with Gasteiger partial charge in [-0.2, -0.15) is 0 Å². The van der Waals surface area contributed by atoms with Crippen molar-refractivity contribution in [3.63, 3.8) is 0 Å². The summed E-state index contributed by atoms with van der Waals surface area (Å²) in [5.41, 5.74) is 1.70. The van der Waals surface area contributed by atoms with Gasteiger partial charge in [-0.1, -0.05) is 54.0 Å². The standard InChI is InChI=1S/C12H18BrO3P/c1-3-12(4-2,17(14,15)16)11-8-6-5-7-10(11)9-13/h5-8H,3-4,9H2,1-2H3,(H2,14,15,16). The lowest BCUT2D eigenvalue weighted by atomic mass is 9.89. The molecule has 1 rings (SSSR count). The molecule has 96 valence electrons. The fourth-order valence-electron chi connectivity index (χ4n) is 2.29. The van der Waals surface area contributed by atoms with Crippen LogP contribution in [0.2, 0.25) is 0 Å². The van der Waals surface area contributed by atoms with Crippen LogP contribution in [0.3, 0.4) is 0 Å². The lowest BCUT2D eigenvalue weighted by molar-refractivity contribution is 0.315. The third-order valence-electron chi connectivity index (χ3n) is 3.39. The number of hydrogen-bond donors (Lipinski definition) is 2.